The Morgan fingerprint density at radius 3 is 2.48 bits per heavy atom. The summed E-state index contributed by atoms with van der Waals surface area (Å²) in [6.45, 7) is 10.5. The third-order valence-corrected chi connectivity index (χ3v) is 12.9. The normalized spacial score (nSPS) is 22.6. The van der Waals surface area contributed by atoms with Gasteiger partial charge >= 0.3 is 12.2 Å². The number of carbonyl (C=O) groups excluding carboxylic acids is 1. The monoisotopic (exact) mass is 743 g/mol. The first-order valence-electron chi connectivity index (χ1n) is 19.2. The van der Waals surface area contributed by atoms with E-state index in [0.29, 0.717) is 54.5 Å². The molecule has 2 aliphatic carbocycles. The lowest BCUT2D eigenvalue weighted by atomic mass is 9.61. The highest BCUT2D eigenvalue weighted by Gasteiger charge is 2.55. The van der Waals surface area contributed by atoms with Crippen LogP contribution in [-0.2, 0) is 9.53 Å². The number of piperidine rings is 1. The van der Waals surface area contributed by atoms with Gasteiger partial charge in [-0.2, -0.15) is 28.2 Å². The molecular weight excluding hydrogens is 699 g/mol. The summed E-state index contributed by atoms with van der Waals surface area (Å²) in [4.78, 5) is 28.8. The lowest BCUT2D eigenvalue weighted by Crippen LogP contribution is -2.69. The average molecular weight is 744 g/mol. The number of likely N-dealkylation sites (tertiary alicyclic amines) is 2. The molecule has 10 rings (SSSR count). The van der Waals surface area contributed by atoms with Crippen molar-refractivity contribution in [3.8, 4) is 22.9 Å². The molecule has 0 radical (unpaired) electrons. The minimum absolute atomic E-state index is 0.0357. The number of halogens is 3. The van der Waals surface area contributed by atoms with E-state index in [9.17, 15) is 18.0 Å². The number of hydrogen-bond donors (Lipinski definition) is 1. The molecule has 11 nitrogen and oxygen atoms in total. The standard InChI is InChI=1S/C40H44F3N7O4/c1-3-31(51)50-18-38(19-50)8-10-48(11-9-38)36-28-12-27(24-5-6-24)33(32-23(2)4-7-30-29(32)15-44-47-30)35(53-22-40(41,42)43)34(28)45-37(46-36)54-26-13-39(14-26)20-49(21-39)25-16-52-17-25/h3-4,7,12,15,24-26H,1,5-6,8-11,13-14,16-22H2,2H3,(H,44,47). The Hall–Kier alpha value is -4.43. The molecule has 1 N–H and O–H groups in total. The Kier molecular flexibility index (Phi) is 7.76. The predicted molar refractivity (Wildman–Crippen MR) is 196 cm³/mol. The third kappa shape index (κ3) is 5.78. The molecule has 0 unspecified atom stereocenters. The van der Waals surface area contributed by atoms with Crippen LogP contribution < -0.4 is 14.4 Å². The van der Waals surface area contributed by atoms with Gasteiger partial charge in [-0.25, -0.2) is 0 Å². The molecule has 6 heterocycles. The molecule has 14 heteroatoms. The van der Waals surface area contributed by atoms with Gasteiger partial charge in [0.25, 0.3) is 0 Å². The fourth-order valence-electron chi connectivity index (χ4n) is 9.70. The summed E-state index contributed by atoms with van der Waals surface area (Å²) >= 11 is 0. The van der Waals surface area contributed by atoms with Gasteiger partial charge in [-0.15, -0.1) is 0 Å². The second-order valence-electron chi connectivity index (χ2n) is 16.8. The fraction of sp³-hybridized carbons (Fsp3) is 0.550. The van der Waals surface area contributed by atoms with Gasteiger partial charge in [0.15, 0.2) is 12.4 Å². The van der Waals surface area contributed by atoms with E-state index in [1.165, 1.54) is 6.08 Å². The maximum Gasteiger partial charge on any atom is 0.422 e. The minimum atomic E-state index is -4.57. The molecule has 284 valence electrons. The molecule has 6 aliphatic rings. The molecule has 2 saturated carbocycles. The number of H-pyrrole nitrogens is 1. The van der Waals surface area contributed by atoms with Gasteiger partial charge in [-0.1, -0.05) is 12.6 Å². The molecule has 6 fully saturated rings. The molecule has 2 aromatic carbocycles. The molecule has 4 aliphatic heterocycles. The number of aryl methyl sites for hydroxylation is 1. The van der Waals surface area contributed by atoms with Crippen LogP contribution >= 0.6 is 0 Å². The average Bonchev–Trinajstić information content (AvgIpc) is 3.82. The van der Waals surface area contributed by atoms with Gasteiger partial charge in [-0.05, 0) is 86.3 Å². The van der Waals surface area contributed by atoms with Crippen molar-refractivity contribution in [2.75, 3.05) is 64.0 Å². The van der Waals surface area contributed by atoms with Crippen LogP contribution in [0.2, 0.25) is 0 Å². The number of fused-ring (bicyclic) bond motifs is 2. The van der Waals surface area contributed by atoms with Crippen LogP contribution in [0.15, 0.2) is 37.1 Å². The molecule has 0 bridgehead atoms. The highest BCUT2D eigenvalue weighted by molar-refractivity contribution is 6.06. The quantitative estimate of drug-likeness (QED) is 0.202. The highest BCUT2D eigenvalue weighted by Crippen LogP contribution is 2.54. The first kappa shape index (κ1) is 34.1. The van der Waals surface area contributed by atoms with Crippen molar-refractivity contribution in [2.45, 2.75) is 69.7 Å². The summed E-state index contributed by atoms with van der Waals surface area (Å²) < 4.78 is 60.2. The lowest BCUT2D eigenvalue weighted by Gasteiger charge is -2.61. The van der Waals surface area contributed by atoms with Gasteiger partial charge in [0, 0.05) is 66.4 Å². The second kappa shape index (κ2) is 12.3. The third-order valence-electron chi connectivity index (χ3n) is 12.9. The van der Waals surface area contributed by atoms with Crippen molar-refractivity contribution in [1.29, 1.82) is 0 Å². The molecule has 0 atom stereocenters. The molecule has 54 heavy (non-hydrogen) atoms. The number of nitrogens with zero attached hydrogens (tertiary/aromatic N) is 6. The number of hydrogen-bond acceptors (Lipinski definition) is 9. The maximum absolute atomic E-state index is 14.1. The largest absolute Gasteiger partial charge is 0.481 e. The van der Waals surface area contributed by atoms with Crippen molar-refractivity contribution in [3.63, 3.8) is 0 Å². The lowest BCUT2D eigenvalue weighted by molar-refractivity contribution is -0.177. The van der Waals surface area contributed by atoms with Gasteiger partial charge < -0.3 is 24.0 Å². The van der Waals surface area contributed by atoms with Crippen molar-refractivity contribution in [2.24, 2.45) is 10.8 Å². The molecule has 1 amide bonds. The Morgan fingerprint density at radius 1 is 1.06 bits per heavy atom. The minimum Gasteiger partial charge on any atom is -0.481 e. The van der Waals surface area contributed by atoms with Crippen molar-refractivity contribution < 1.29 is 32.2 Å². The molecule has 2 aromatic heterocycles. The topological polar surface area (TPSA) is 109 Å². The van der Waals surface area contributed by atoms with E-state index in [4.69, 9.17) is 24.2 Å². The maximum atomic E-state index is 14.1. The van der Waals surface area contributed by atoms with Crippen molar-refractivity contribution in [1.82, 2.24) is 30.0 Å². The molecular formula is C40H44F3N7O4. The molecule has 2 spiro atoms. The molecule has 4 aromatic rings. The van der Waals surface area contributed by atoms with Gasteiger partial charge in [0.1, 0.15) is 17.4 Å². The summed E-state index contributed by atoms with van der Waals surface area (Å²) in [6, 6.07) is 6.67. The zero-order valence-corrected chi connectivity index (χ0v) is 30.4. The van der Waals surface area contributed by atoms with E-state index in [2.05, 4.69) is 32.6 Å². The number of nitrogens with one attached hydrogen (secondary N) is 1. The van der Waals surface area contributed by atoms with E-state index in [0.717, 1.165) is 92.4 Å². The number of rotatable bonds is 9. The number of alkyl halides is 3. The summed E-state index contributed by atoms with van der Waals surface area (Å²) in [7, 11) is 0. The van der Waals surface area contributed by atoms with Gasteiger partial charge in [-0.3, -0.25) is 14.8 Å². The summed E-state index contributed by atoms with van der Waals surface area (Å²) in [5.41, 5.74) is 4.63. The van der Waals surface area contributed by atoms with Crippen molar-refractivity contribution >= 4 is 33.5 Å². The van der Waals surface area contributed by atoms with E-state index in [-0.39, 0.29) is 40.5 Å². The number of aromatic nitrogens is 4. The zero-order chi connectivity index (χ0) is 37.0. The number of benzene rings is 2. The van der Waals surface area contributed by atoms with E-state index in [1.807, 2.05) is 24.0 Å². The van der Waals surface area contributed by atoms with Crippen LogP contribution in [0.3, 0.4) is 0 Å². The van der Waals surface area contributed by atoms with Gasteiger partial charge in [0.05, 0.1) is 31.0 Å². The number of amides is 1. The number of anilines is 1. The number of carbonyl (C=O) groups is 1. The summed E-state index contributed by atoms with van der Waals surface area (Å²) in [6.07, 6.45) is 3.76. The predicted octanol–water partition coefficient (Wildman–Crippen LogP) is 6.16. The van der Waals surface area contributed by atoms with Crippen LogP contribution in [0.25, 0.3) is 32.9 Å². The van der Waals surface area contributed by atoms with Crippen LogP contribution in [0.1, 0.15) is 55.6 Å². The second-order valence-corrected chi connectivity index (χ2v) is 16.8. The highest BCUT2D eigenvalue weighted by atomic mass is 19.4. The first-order chi connectivity index (χ1) is 26.0. The van der Waals surface area contributed by atoms with Gasteiger partial charge in [0.2, 0.25) is 5.91 Å². The SMILES string of the molecule is C=CC(=O)N1CC2(CCN(c3nc(OC4CC5(C4)CN(C4COC4)C5)nc4c(OCC(F)(F)F)c(-c5c(C)ccc6[nH]ncc56)c(C5CC5)cc34)CC2)C1. The first-order valence-corrected chi connectivity index (χ1v) is 19.2. The Labute approximate surface area is 310 Å². The van der Waals surface area contributed by atoms with E-state index in [1.54, 1.807) is 6.20 Å². The van der Waals surface area contributed by atoms with Crippen LogP contribution in [0.5, 0.6) is 11.8 Å². The zero-order valence-electron chi connectivity index (χ0n) is 30.4. The summed E-state index contributed by atoms with van der Waals surface area (Å²) in [5.74, 6) is 0.869. The van der Waals surface area contributed by atoms with E-state index >= 15 is 0 Å². The van der Waals surface area contributed by atoms with Crippen LogP contribution in [0.4, 0.5) is 19.0 Å². The van der Waals surface area contributed by atoms with Crippen LogP contribution in [-0.4, -0.2) is 113 Å². The number of ether oxygens (including phenoxy) is 3. The smallest absolute Gasteiger partial charge is 0.422 e. The van der Waals surface area contributed by atoms with Crippen molar-refractivity contribution in [3.05, 3.63) is 48.2 Å². The van der Waals surface area contributed by atoms with E-state index < -0.39 is 12.8 Å². The fourth-order valence-corrected chi connectivity index (χ4v) is 9.70. The number of aromatic amines is 1. The Bertz CT molecular complexity index is 2150. The Balaban J connectivity index is 1.06. The molecule has 4 saturated heterocycles. The Morgan fingerprint density at radius 2 is 1.81 bits per heavy atom. The summed E-state index contributed by atoms with van der Waals surface area (Å²) in [5, 5.41) is 8.80. The van der Waals surface area contributed by atoms with Crippen LogP contribution in [0, 0.1) is 17.8 Å².